The van der Waals surface area contributed by atoms with E-state index in [1.165, 1.54) is 5.56 Å². The summed E-state index contributed by atoms with van der Waals surface area (Å²) in [5.74, 6) is 0.638. The number of aliphatic hydroxyl groups is 1. The lowest BCUT2D eigenvalue weighted by molar-refractivity contribution is 0.172. The predicted molar refractivity (Wildman–Crippen MR) is 60.8 cm³/mol. The number of hydrogen-bond acceptors (Lipinski definition) is 2. The Morgan fingerprint density at radius 3 is 2.80 bits per heavy atom. The van der Waals surface area contributed by atoms with Crippen LogP contribution in [0.25, 0.3) is 11.0 Å². The summed E-state index contributed by atoms with van der Waals surface area (Å²) in [6.07, 6.45) is 1.70. The van der Waals surface area contributed by atoms with Crippen LogP contribution >= 0.6 is 0 Å². The van der Waals surface area contributed by atoms with Gasteiger partial charge in [-0.15, -0.1) is 0 Å². The predicted octanol–water partition coefficient (Wildman–Crippen LogP) is 3.44. The van der Waals surface area contributed by atoms with E-state index in [4.69, 9.17) is 4.42 Å². The lowest BCUT2D eigenvalue weighted by atomic mass is 10.1. The van der Waals surface area contributed by atoms with Crippen LogP contribution in [-0.2, 0) is 6.42 Å². The van der Waals surface area contributed by atoms with E-state index in [1.807, 2.05) is 12.1 Å². The average molecular weight is 204 g/mol. The minimum Gasteiger partial charge on any atom is -0.458 e. The number of rotatable bonds is 3. The smallest absolute Gasteiger partial charge is 0.134 e. The standard InChI is InChI=1S/C13H16O2/c1-3-4-10-5-6-12-11(7-10)8-13(15-12)9(2)14/h5-9,14H,3-4H2,1-2H3. The first-order valence-electron chi connectivity index (χ1n) is 5.41. The van der Waals surface area contributed by atoms with E-state index in [0.717, 1.165) is 23.8 Å². The largest absolute Gasteiger partial charge is 0.458 e. The van der Waals surface area contributed by atoms with Gasteiger partial charge in [-0.05, 0) is 37.1 Å². The zero-order chi connectivity index (χ0) is 10.8. The Labute approximate surface area is 89.5 Å². The molecule has 0 aliphatic carbocycles. The molecule has 0 spiro atoms. The maximum absolute atomic E-state index is 9.40. The van der Waals surface area contributed by atoms with Gasteiger partial charge in [-0.1, -0.05) is 19.4 Å². The molecule has 0 fully saturated rings. The Balaban J connectivity index is 2.43. The summed E-state index contributed by atoms with van der Waals surface area (Å²) >= 11 is 0. The topological polar surface area (TPSA) is 33.4 Å². The van der Waals surface area contributed by atoms with Crippen LogP contribution < -0.4 is 0 Å². The van der Waals surface area contributed by atoms with Crippen LogP contribution in [0.1, 0.15) is 37.7 Å². The zero-order valence-corrected chi connectivity index (χ0v) is 9.16. The lowest BCUT2D eigenvalue weighted by Crippen LogP contribution is -1.85. The highest BCUT2D eigenvalue weighted by molar-refractivity contribution is 5.78. The first-order valence-corrected chi connectivity index (χ1v) is 5.41. The van der Waals surface area contributed by atoms with E-state index in [9.17, 15) is 5.11 Å². The number of fused-ring (bicyclic) bond motifs is 1. The summed E-state index contributed by atoms with van der Waals surface area (Å²) in [6, 6.07) is 8.11. The Kier molecular flexibility index (Phi) is 2.78. The van der Waals surface area contributed by atoms with Gasteiger partial charge in [0.1, 0.15) is 17.4 Å². The second-order valence-electron chi connectivity index (χ2n) is 3.95. The molecule has 2 heteroatoms. The molecule has 2 aromatic rings. The molecule has 0 saturated carbocycles. The van der Waals surface area contributed by atoms with Crippen molar-refractivity contribution in [2.75, 3.05) is 0 Å². The van der Waals surface area contributed by atoms with Gasteiger partial charge >= 0.3 is 0 Å². The molecule has 0 aliphatic heterocycles. The minimum atomic E-state index is -0.535. The fourth-order valence-corrected chi connectivity index (χ4v) is 1.76. The van der Waals surface area contributed by atoms with Gasteiger partial charge < -0.3 is 9.52 Å². The van der Waals surface area contributed by atoms with Gasteiger partial charge in [-0.25, -0.2) is 0 Å². The minimum absolute atomic E-state index is 0.535. The van der Waals surface area contributed by atoms with Crippen molar-refractivity contribution in [1.82, 2.24) is 0 Å². The normalized spacial score (nSPS) is 13.3. The van der Waals surface area contributed by atoms with Crippen LogP contribution in [0.15, 0.2) is 28.7 Å². The fraction of sp³-hybridized carbons (Fsp3) is 0.385. The maximum Gasteiger partial charge on any atom is 0.134 e. The first kappa shape index (κ1) is 10.2. The molecule has 1 unspecified atom stereocenters. The summed E-state index contributed by atoms with van der Waals surface area (Å²) in [5.41, 5.74) is 2.17. The van der Waals surface area contributed by atoms with Gasteiger partial charge in [0.15, 0.2) is 0 Å². The van der Waals surface area contributed by atoms with Crippen molar-refractivity contribution in [2.24, 2.45) is 0 Å². The average Bonchev–Trinajstić information content (AvgIpc) is 2.61. The van der Waals surface area contributed by atoms with Crippen LogP contribution in [0.3, 0.4) is 0 Å². The highest BCUT2D eigenvalue weighted by Gasteiger charge is 2.08. The van der Waals surface area contributed by atoms with Crippen molar-refractivity contribution in [3.63, 3.8) is 0 Å². The summed E-state index contributed by atoms with van der Waals surface area (Å²) < 4.78 is 5.51. The van der Waals surface area contributed by atoms with Crippen LogP contribution in [0.4, 0.5) is 0 Å². The SMILES string of the molecule is CCCc1ccc2oc(C(C)O)cc2c1. The van der Waals surface area contributed by atoms with Gasteiger partial charge in [0.25, 0.3) is 0 Å². The van der Waals surface area contributed by atoms with Gasteiger partial charge in [0.05, 0.1) is 0 Å². The summed E-state index contributed by atoms with van der Waals surface area (Å²) in [7, 11) is 0. The molecule has 15 heavy (non-hydrogen) atoms. The molecule has 0 radical (unpaired) electrons. The van der Waals surface area contributed by atoms with Crippen molar-refractivity contribution in [1.29, 1.82) is 0 Å². The summed E-state index contributed by atoms with van der Waals surface area (Å²) in [4.78, 5) is 0. The zero-order valence-electron chi connectivity index (χ0n) is 9.16. The molecular weight excluding hydrogens is 188 g/mol. The molecule has 1 N–H and O–H groups in total. The van der Waals surface area contributed by atoms with Crippen LogP contribution in [0.2, 0.25) is 0 Å². The number of aryl methyl sites for hydroxylation is 1. The summed E-state index contributed by atoms with van der Waals surface area (Å²) in [6.45, 7) is 3.88. The van der Waals surface area contributed by atoms with Gasteiger partial charge in [-0.3, -0.25) is 0 Å². The fourth-order valence-electron chi connectivity index (χ4n) is 1.76. The third-order valence-electron chi connectivity index (χ3n) is 2.55. The molecule has 0 saturated heterocycles. The van der Waals surface area contributed by atoms with Crippen molar-refractivity contribution >= 4 is 11.0 Å². The number of benzene rings is 1. The molecule has 1 aromatic heterocycles. The highest BCUT2D eigenvalue weighted by Crippen LogP contribution is 2.24. The van der Waals surface area contributed by atoms with Crippen molar-refractivity contribution in [2.45, 2.75) is 32.8 Å². The maximum atomic E-state index is 9.40. The quantitative estimate of drug-likeness (QED) is 0.830. The van der Waals surface area contributed by atoms with Crippen molar-refractivity contribution in [3.8, 4) is 0 Å². The second kappa shape index (κ2) is 4.07. The number of furan rings is 1. The molecule has 1 aromatic carbocycles. The molecule has 0 amide bonds. The molecule has 1 atom stereocenters. The third-order valence-corrected chi connectivity index (χ3v) is 2.55. The van der Waals surface area contributed by atoms with Gasteiger partial charge in [0, 0.05) is 5.39 Å². The van der Waals surface area contributed by atoms with Crippen LogP contribution in [0, 0.1) is 0 Å². The molecule has 0 bridgehead atoms. The molecular formula is C13H16O2. The van der Waals surface area contributed by atoms with Gasteiger partial charge in [0.2, 0.25) is 0 Å². The number of hydrogen-bond donors (Lipinski definition) is 1. The van der Waals surface area contributed by atoms with E-state index in [1.54, 1.807) is 6.92 Å². The molecule has 1 heterocycles. The van der Waals surface area contributed by atoms with E-state index in [0.29, 0.717) is 5.76 Å². The Bertz CT molecular complexity index is 455. The van der Waals surface area contributed by atoms with Gasteiger partial charge in [-0.2, -0.15) is 0 Å². The van der Waals surface area contributed by atoms with E-state index < -0.39 is 6.10 Å². The molecule has 2 nitrogen and oxygen atoms in total. The Morgan fingerprint density at radius 1 is 1.33 bits per heavy atom. The molecule has 80 valence electrons. The van der Waals surface area contributed by atoms with Crippen LogP contribution in [0.5, 0.6) is 0 Å². The lowest BCUT2D eigenvalue weighted by Gasteiger charge is -1.96. The van der Waals surface area contributed by atoms with E-state index in [2.05, 4.69) is 19.1 Å². The van der Waals surface area contributed by atoms with E-state index >= 15 is 0 Å². The molecule has 0 aliphatic rings. The van der Waals surface area contributed by atoms with Crippen molar-refractivity contribution in [3.05, 3.63) is 35.6 Å². The van der Waals surface area contributed by atoms with E-state index in [-0.39, 0.29) is 0 Å². The molecule has 2 rings (SSSR count). The van der Waals surface area contributed by atoms with Crippen molar-refractivity contribution < 1.29 is 9.52 Å². The monoisotopic (exact) mass is 204 g/mol. The number of aliphatic hydroxyl groups excluding tert-OH is 1. The van der Waals surface area contributed by atoms with Crippen LogP contribution in [-0.4, -0.2) is 5.11 Å². The first-order chi connectivity index (χ1) is 7.20. The second-order valence-corrected chi connectivity index (χ2v) is 3.95. The summed E-state index contributed by atoms with van der Waals surface area (Å²) in [5, 5.41) is 10.5. The Hall–Kier alpha value is -1.28. The highest BCUT2D eigenvalue weighted by atomic mass is 16.4. The third kappa shape index (κ3) is 2.05. The Morgan fingerprint density at radius 2 is 2.13 bits per heavy atom.